The highest BCUT2D eigenvalue weighted by Crippen LogP contribution is 2.27. The van der Waals surface area contributed by atoms with Crippen LogP contribution < -0.4 is 4.57 Å². The van der Waals surface area contributed by atoms with Crippen LogP contribution in [0, 0.1) is 0 Å². The normalized spacial score (nSPS) is 13.2. The molecule has 0 amide bonds. The minimum absolute atomic E-state index is 0.618. The molecular weight excluding hydrogens is 484 g/mol. The Kier molecular flexibility index (Phi) is 26.4. The number of unbranched alkanes of at least 4 members (excludes halogenated alkanes) is 23. The molecule has 0 aliphatic rings. The fourth-order valence-electron chi connectivity index (χ4n) is 6.59. The summed E-state index contributed by atoms with van der Waals surface area (Å²) in [4.78, 5) is 3.71. The van der Waals surface area contributed by atoms with Crippen LogP contribution >= 0.6 is 0 Å². The van der Waals surface area contributed by atoms with E-state index in [9.17, 15) is 0 Å². The topological polar surface area (TPSA) is 19.7 Å². The highest BCUT2D eigenvalue weighted by Gasteiger charge is 2.25. The summed E-state index contributed by atoms with van der Waals surface area (Å²) in [6.45, 7) is 9.37. The van der Waals surface area contributed by atoms with Crippen LogP contribution in [0.3, 0.4) is 0 Å². The van der Waals surface area contributed by atoms with E-state index in [4.69, 9.17) is 0 Å². The molecule has 1 heterocycles. The SMILES string of the molecule is CCCCCCCCCCCCCCCCC(CCCCCCCCCCCC)c1[nH]cc[n+]1C(C)CCCC. The Morgan fingerprint density at radius 3 is 1.20 bits per heavy atom. The number of aromatic nitrogens is 2. The number of aromatic amines is 1. The van der Waals surface area contributed by atoms with E-state index in [1.165, 1.54) is 192 Å². The first-order valence-electron chi connectivity index (χ1n) is 18.8. The summed E-state index contributed by atoms with van der Waals surface area (Å²) in [7, 11) is 0. The fourth-order valence-corrected chi connectivity index (χ4v) is 6.59. The number of hydrogen-bond donors (Lipinski definition) is 1. The first-order chi connectivity index (χ1) is 19.7. The molecule has 2 unspecified atom stereocenters. The average molecular weight is 560 g/mol. The first-order valence-corrected chi connectivity index (χ1v) is 18.8. The van der Waals surface area contributed by atoms with E-state index in [-0.39, 0.29) is 0 Å². The van der Waals surface area contributed by atoms with Gasteiger partial charge in [-0.1, -0.05) is 181 Å². The maximum atomic E-state index is 3.71. The van der Waals surface area contributed by atoms with Gasteiger partial charge in [0.25, 0.3) is 5.82 Å². The highest BCUT2D eigenvalue weighted by molar-refractivity contribution is 4.90. The third kappa shape index (κ3) is 20.1. The van der Waals surface area contributed by atoms with E-state index >= 15 is 0 Å². The second kappa shape index (κ2) is 28.3. The van der Waals surface area contributed by atoms with Crippen molar-refractivity contribution in [3.63, 3.8) is 0 Å². The van der Waals surface area contributed by atoms with Gasteiger partial charge in [-0.2, -0.15) is 0 Å². The van der Waals surface area contributed by atoms with Gasteiger partial charge in [0, 0.05) is 0 Å². The van der Waals surface area contributed by atoms with Crippen molar-refractivity contribution >= 4 is 0 Å². The maximum Gasteiger partial charge on any atom is 0.257 e. The molecule has 2 atom stereocenters. The summed E-state index contributed by atoms with van der Waals surface area (Å²) in [5, 5.41) is 0. The van der Waals surface area contributed by atoms with Gasteiger partial charge in [0.05, 0.1) is 12.0 Å². The van der Waals surface area contributed by atoms with Crippen LogP contribution in [0.25, 0.3) is 0 Å². The van der Waals surface area contributed by atoms with Gasteiger partial charge in [-0.15, -0.1) is 0 Å². The molecule has 1 aromatic heterocycles. The molecule has 1 N–H and O–H groups in total. The van der Waals surface area contributed by atoms with Gasteiger partial charge in [-0.05, 0) is 32.6 Å². The smallest absolute Gasteiger partial charge is 0.247 e. The summed E-state index contributed by atoms with van der Waals surface area (Å²) in [5.41, 5.74) is 0. The standard InChI is InChI=1S/C38H74N2/c1-5-8-11-13-15-17-19-20-21-22-24-26-28-30-33-37(32-29-27-25-23-18-16-14-12-9-6-2)38-39-34-35-40(38)36(4)31-10-7-3/h34-37H,5-33H2,1-4H3/p+1. The monoisotopic (exact) mass is 560 g/mol. The molecule has 0 saturated heterocycles. The molecule has 0 saturated carbocycles. The van der Waals surface area contributed by atoms with Crippen molar-refractivity contribution in [2.75, 3.05) is 0 Å². The van der Waals surface area contributed by atoms with Gasteiger partial charge in [-0.3, -0.25) is 0 Å². The van der Waals surface area contributed by atoms with Crippen LogP contribution in [-0.2, 0) is 0 Å². The zero-order valence-corrected chi connectivity index (χ0v) is 28.3. The Hall–Kier alpha value is -0.790. The molecule has 0 aliphatic heterocycles. The van der Waals surface area contributed by atoms with Crippen LogP contribution in [0.15, 0.2) is 12.4 Å². The number of nitrogens with zero attached hydrogens (tertiary/aromatic N) is 1. The van der Waals surface area contributed by atoms with Crippen molar-refractivity contribution in [2.45, 2.75) is 226 Å². The largest absolute Gasteiger partial charge is 0.257 e. The minimum Gasteiger partial charge on any atom is -0.247 e. The van der Waals surface area contributed by atoms with Crippen molar-refractivity contribution in [2.24, 2.45) is 0 Å². The lowest BCUT2D eigenvalue weighted by Gasteiger charge is -2.17. The molecule has 0 aliphatic carbocycles. The minimum atomic E-state index is 0.618. The summed E-state index contributed by atoms with van der Waals surface area (Å²) in [5.74, 6) is 2.24. The van der Waals surface area contributed by atoms with Crippen LogP contribution in [0.2, 0.25) is 0 Å². The van der Waals surface area contributed by atoms with E-state index in [0.717, 1.165) is 0 Å². The lowest BCUT2D eigenvalue weighted by atomic mass is 9.92. The Morgan fingerprint density at radius 2 is 0.825 bits per heavy atom. The van der Waals surface area contributed by atoms with Gasteiger partial charge in [0.2, 0.25) is 0 Å². The number of hydrogen-bond acceptors (Lipinski definition) is 0. The van der Waals surface area contributed by atoms with E-state index in [1.54, 1.807) is 0 Å². The predicted octanol–water partition coefficient (Wildman–Crippen LogP) is 13.3. The first kappa shape index (κ1) is 37.2. The summed E-state index contributed by atoms with van der Waals surface area (Å²) in [6.07, 6.45) is 45.8. The zero-order valence-electron chi connectivity index (χ0n) is 28.3. The number of nitrogens with one attached hydrogen (secondary N) is 1. The van der Waals surface area contributed by atoms with Crippen molar-refractivity contribution < 1.29 is 4.57 Å². The maximum absolute atomic E-state index is 3.71. The second-order valence-electron chi connectivity index (χ2n) is 13.3. The quantitative estimate of drug-likeness (QED) is 0.0689. The Labute approximate surface area is 253 Å². The van der Waals surface area contributed by atoms with Gasteiger partial charge in [0.1, 0.15) is 12.4 Å². The summed E-state index contributed by atoms with van der Waals surface area (Å²) in [6, 6.07) is 0.618. The molecule has 0 aromatic carbocycles. The third-order valence-corrected chi connectivity index (χ3v) is 9.39. The van der Waals surface area contributed by atoms with E-state index in [1.807, 2.05) is 0 Å². The summed E-state index contributed by atoms with van der Waals surface area (Å²) >= 11 is 0. The van der Waals surface area contributed by atoms with E-state index < -0.39 is 0 Å². The van der Waals surface area contributed by atoms with Gasteiger partial charge < -0.3 is 0 Å². The molecule has 1 aromatic rings. The predicted molar refractivity (Wildman–Crippen MR) is 179 cm³/mol. The Morgan fingerprint density at radius 1 is 0.475 bits per heavy atom. The molecule has 1 rings (SSSR count). The van der Waals surface area contributed by atoms with Crippen molar-refractivity contribution in [1.29, 1.82) is 0 Å². The zero-order chi connectivity index (χ0) is 28.9. The highest BCUT2D eigenvalue weighted by atomic mass is 15.1. The van der Waals surface area contributed by atoms with Crippen LogP contribution in [0.4, 0.5) is 0 Å². The molecule has 0 radical (unpaired) electrons. The van der Waals surface area contributed by atoms with E-state index in [0.29, 0.717) is 12.0 Å². The molecule has 0 fully saturated rings. The lowest BCUT2D eigenvalue weighted by Crippen LogP contribution is -2.41. The van der Waals surface area contributed by atoms with Crippen molar-refractivity contribution in [3.8, 4) is 0 Å². The van der Waals surface area contributed by atoms with E-state index in [2.05, 4.69) is 49.6 Å². The number of H-pyrrole nitrogens is 1. The Balaban J connectivity index is 2.30. The Bertz CT molecular complexity index is 621. The summed E-state index contributed by atoms with van der Waals surface area (Å²) < 4.78 is 2.60. The van der Waals surface area contributed by atoms with Gasteiger partial charge >= 0.3 is 0 Å². The number of rotatable bonds is 31. The lowest BCUT2D eigenvalue weighted by molar-refractivity contribution is -0.727. The molecule has 2 nitrogen and oxygen atoms in total. The van der Waals surface area contributed by atoms with Gasteiger partial charge in [-0.25, -0.2) is 9.55 Å². The van der Waals surface area contributed by atoms with Crippen molar-refractivity contribution in [3.05, 3.63) is 18.2 Å². The fraction of sp³-hybridized carbons (Fsp3) is 0.921. The molecular formula is C38H75N2+. The molecule has 0 bridgehead atoms. The third-order valence-electron chi connectivity index (χ3n) is 9.39. The van der Waals surface area contributed by atoms with Gasteiger partial charge in [0.15, 0.2) is 0 Å². The number of imidazole rings is 1. The molecule has 40 heavy (non-hydrogen) atoms. The van der Waals surface area contributed by atoms with Crippen molar-refractivity contribution in [1.82, 2.24) is 4.98 Å². The molecule has 0 spiro atoms. The van der Waals surface area contributed by atoms with Crippen LogP contribution in [0.5, 0.6) is 0 Å². The molecule has 2 heteroatoms. The molecule has 236 valence electrons. The van der Waals surface area contributed by atoms with Crippen LogP contribution in [0.1, 0.15) is 232 Å². The van der Waals surface area contributed by atoms with Crippen LogP contribution in [-0.4, -0.2) is 4.98 Å². The second-order valence-corrected chi connectivity index (χ2v) is 13.3. The average Bonchev–Trinajstić information content (AvgIpc) is 3.46.